The third kappa shape index (κ3) is 6.11. The number of rotatable bonds is 8. The number of hydrogen-bond donors (Lipinski definition) is 1. The SMILES string of the molecule is CCN(CC)C(=O)[C@H](Cc1ccccc1)NC(=S)Cc1ccc(Cl)cc1. The minimum atomic E-state index is -0.364. The Kier molecular flexibility index (Phi) is 8.07. The van der Waals surface area contributed by atoms with Crippen LogP contribution in [0.25, 0.3) is 0 Å². The fourth-order valence-electron chi connectivity index (χ4n) is 2.84. The van der Waals surface area contributed by atoms with Crippen LogP contribution in [0, 0.1) is 0 Å². The van der Waals surface area contributed by atoms with Gasteiger partial charge in [0.15, 0.2) is 0 Å². The van der Waals surface area contributed by atoms with E-state index in [1.807, 2.05) is 73.3 Å². The largest absolute Gasteiger partial charge is 0.368 e. The van der Waals surface area contributed by atoms with Crippen LogP contribution in [-0.2, 0) is 17.6 Å². The fourth-order valence-corrected chi connectivity index (χ4v) is 3.27. The number of hydrogen-bond acceptors (Lipinski definition) is 2. The summed E-state index contributed by atoms with van der Waals surface area (Å²) in [7, 11) is 0. The van der Waals surface area contributed by atoms with E-state index in [9.17, 15) is 4.79 Å². The number of thiocarbonyl (C=S) groups is 1. The number of nitrogens with one attached hydrogen (secondary N) is 1. The summed E-state index contributed by atoms with van der Waals surface area (Å²) in [4.78, 5) is 15.4. The molecule has 1 N–H and O–H groups in total. The Morgan fingerprint density at radius 2 is 1.65 bits per heavy atom. The van der Waals surface area contributed by atoms with Crippen LogP contribution in [-0.4, -0.2) is 34.9 Å². The van der Waals surface area contributed by atoms with Gasteiger partial charge in [-0.1, -0.05) is 66.3 Å². The smallest absolute Gasteiger partial charge is 0.245 e. The van der Waals surface area contributed by atoms with Gasteiger partial charge in [0.05, 0.1) is 4.99 Å². The topological polar surface area (TPSA) is 32.3 Å². The normalized spacial score (nSPS) is 11.7. The van der Waals surface area contributed by atoms with Gasteiger partial charge < -0.3 is 10.2 Å². The molecule has 0 saturated heterocycles. The number of carbonyl (C=O) groups is 1. The molecule has 1 amide bonds. The number of likely N-dealkylation sites (N-methyl/N-ethyl adjacent to an activating group) is 1. The summed E-state index contributed by atoms with van der Waals surface area (Å²) in [5.74, 6) is 0.0808. The van der Waals surface area contributed by atoms with Crippen molar-refractivity contribution in [2.45, 2.75) is 32.7 Å². The van der Waals surface area contributed by atoms with Crippen LogP contribution >= 0.6 is 23.8 Å². The molecular formula is C21H25ClN2OS. The van der Waals surface area contributed by atoms with Crippen LogP contribution in [0.15, 0.2) is 54.6 Å². The summed E-state index contributed by atoms with van der Waals surface area (Å²) in [5, 5.41) is 3.98. The molecular weight excluding hydrogens is 364 g/mol. The van der Waals surface area contributed by atoms with Crippen molar-refractivity contribution in [2.75, 3.05) is 13.1 Å². The quantitative estimate of drug-likeness (QED) is 0.685. The maximum absolute atomic E-state index is 12.9. The van der Waals surface area contributed by atoms with Crippen LogP contribution in [0.2, 0.25) is 5.02 Å². The molecule has 0 radical (unpaired) electrons. The van der Waals surface area contributed by atoms with Gasteiger partial charge in [-0.05, 0) is 37.1 Å². The van der Waals surface area contributed by atoms with Crippen molar-refractivity contribution in [1.29, 1.82) is 0 Å². The van der Waals surface area contributed by atoms with Crippen molar-refractivity contribution in [3.05, 3.63) is 70.7 Å². The summed E-state index contributed by atoms with van der Waals surface area (Å²) in [6.45, 7) is 5.36. The molecule has 1 atom stereocenters. The van der Waals surface area contributed by atoms with Crippen molar-refractivity contribution in [2.24, 2.45) is 0 Å². The molecule has 26 heavy (non-hydrogen) atoms. The van der Waals surface area contributed by atoms with Gasteiger partial charge in [0.2, 0.25) is 5.91 Å². The second-order valence-corrected chi connectivity index (χ2v) is 7.05. The first kappa shape index (κ1) is 20.4. The number of amides is 1. The maximum Gasteiger partial charge on any atom is 0.245 e. The number of nitrogens with zero attached hydrogens (tertiary/aromatic N) is 1. The number of halogens is 1. The highest BCUT2D eigenvalue weighted by Gasteiger charge is 2.23. The summed E-state index contributed by atoms with van der Waals surface area (Å²) in [5.41, 5.74) is 2.18. The zero-order chi connectivity index (χ0) is 18.9. The summed E-state index contributed by atoms with van der Waals surface area (Å²) in [6, 6.07) is 17.3. The summed E-state index contributed by atoms with van der Waals surface area (Å²) >= 11 is 11.5. The van der Waals surface area contributed by atoms with Gasteiger partial charge >= 0.3 is 0 Å². The van der Waals surface area contributed by atoms with E-state index in [0.717, 1.165) is 11.1 Å². The Labute approximate surface area is 166 Å². The van der Waals surface area contributed by atoms with E-state index in [0.29, 0.717) is 35.9 Å². The summed E-state index contributed by atoms with van der Waals surface area (Å²) in [6.07, 6.45) is 1.19. The second kappa shape index (κ2) is 10.3. The van der Waals surface area contributed by atoms with Gasteiger partial charge in [-0.25, -0.2) is 0 Å². The van der Waals surface area contributed by atoms with Gasteiger partial charge in [0.25, 0.3) is 0 Å². The lowest BCUT2D eigenvalue weighted by Gasteiger charge is -2.27. The van der Waals surface area contributed by atoms with E-state index in [2.05, 4.69) is 5.32 Å². The average Bonchev–Trinajstić information content (AvgIpc) is 2.65. The van der Waals surface area contributed by atoms with E-state index in [1.54, 1.807) is 0 Å². The highest BCUT2D eigenvalue weighted by Crippen LogP contribution is 2.11. The predicted molar refractivity (Wildman–Crippen MR) is 113 cm³/mol. The first-order valence-corrected chi connectivity index (χ1v) is 9.68. The van der Waals surface area contributed by atoms with Crippen LogP contribution in [0.5, 0.6) is 0 Å². The minimum absolute atomic E-state index is 0.0808. The second-order valence-electron chi connectivity index (χ2n) is 6.12. The van der Waals surface area contributed by atoms with Crippen molar-refractivity contribution in [1.82, 2.24) is 10.2 Å². The van der Waals surface area contributed by atoms with E-state index in [-0.39, 0.29) is 11.9 Å². The molecule has 0 aliphatic carbocycles. The molecule has 0 spiro atoms. The molecule has 3 nitrogen and oxygen atoms in total. The van der Waals surface area contributed by atoms with Gasteiger partial charge in [0.1, 0.15) is 6.04 Å². The zero-order valence-corrected chi connectivity index (χ0v) is 16.8. The molecule has 0 saturated carbocycles. The Balaban J connectivity index is 2.10. The van der Waals surface area contributed by atoms with Crippen molar-refractivity contribution >= 4 is 34.7 Å². The first-order chi connectivity index (χ1) is 12.5. The lowest BCUT2D eigenvalue weighted by Crippen LogP contribution is -2.49. The fraction of sp³-hybridized carbons (Fsp3) is 0.333. The van der Waals surface area contributed by atoms with Gasteiger partial charge in [0, 0.05) is 31.0 Å². The van der Waals surface area contributed by atoms with Crippen molar-refractivity contribution in [3.8, 4) is 0 Å². The van der Waals surface area contributed by atoms with E-state index >= 15 is 0 Å². The molecule has 0 fully saturated rings. The van der Waals surface area contributed by atoms with Gasteiger partial charge in [-0.15, -0.1) is 0 Å². The number of benzene rings is 2. The third-order valence-corrected chi connectivity index (χ3v) is 4.78. The molecule has 2 rings (SSSR count). The first-order valence-electron chi connectivity index (χ1n) is 8.90. The highest BCUT2D eigenvalue weighted by atomic mass is 35.5. The Hall–Kier alpha value is -1.91. The van der Waals surface area contributed by atoms with Crippen molar-refractivity contribution in [3.63, 3.8) is 0 Å². The van der Waals surface area contributed by atoms with E-state index in [1.165, 1.54) is 0 Å². The van der Waals surface area contributed by atoms with Gasteiger partial charge in [-0.2, -0.15) is 0 Å². The molecule has 0 heterocycles. The van der Waals surface area contributed by atoms with Crippen LogP contribution in [0.4, 0.5) is 0 Å². The highest BCUT2D eigenvalue weighted by molar-refractivity contribution is 7.80. The molecule has 2 aromatic carbocycles. The molecule has 5 heteroatoms. The summed E-state index contributed by atoms with van der Waals surface area (Å²) < 4.78 is 0. The van der Waals surface area contributed by atoms with Crippen molar-refractivity contribution < 1.29 is 4.79 Å². The predicted octanol–water partition coefficient (Wildman–Crippen LogP) is 4.28. The monoisotopic (exact) mass is 388 g/mol. The lowest BCUT2D eigenvalue weighted by atomic mass is 10.0. The van der Waals surface area contributed by atoms with E-state index < -0.39 is 0 Å². The third-order valence-electron chi connectivity index (χ3n) is 4.27. The standard InChI is InChI=1S/C21H25ClN2OS/c1-3-24(4-2)21(25)19(14-16-8-6-5-7-9-16)23-20(26)15-17-10-12-18(22)13-11-17/h5-13,19H,3-4,14-15H2,1-2H3,(H,23,26)/t19-/m0/s1. The molecule has 0 bridgehead atoms. The van der Waals surface area contributed by atoms with Gasteiger partial charge in [-0.3, -0.25) is 4.79 Å². The molecule has 0 unspecified atom stereocenters. The van der Waals surface area contributed by atoms with Crippen LogP contribution in [0.3, 0.4) is 0 Å². The Morgan fingerprint density at radius 3 is 2.23 bits per heavy atom. The minimum Gasteiger partial charge on any atom is -0.368 e. The zero-order valence-electron chi connectivity index (χ0n) is 15.2. The molecule has 0 aromatic heterocycles. The average molecular weight is 389 g/mol. The van der Waals surface area contributed by atoms with Crippen LogP contribution < -0.4 is 5.32 Å². The van der Waals surface area contributed by atoms with Crippen LogP contribution in [0.1, 0.15) is 25.0 Å². The molecule has 0 aliphatic heterocycles. The number of carbonyl (C=O) groups excluding carboxylic acids is 1. The molecule has 0 aliphatic rings. The Morgan fingerprint density at radius 1 is 1.04 bits per heavy atom. The molecule has 138 valence electrons. The Bertz CT molecular complexity index is 715. The molecule has 2 aromatic rings. The lowest BCUT2D eigenvalue weighted by molar-refractivity contribution is -0.132. The maximum atomic E-state index is 12.9. The van der Waals surface area contributed by atoms with E-state index in [4.69, 9.17) is 23.8 Å².